The van der Waals surface area contributed by atoms with E-state index in [2.05, 4.69) is 36.6 Å². The maximum Gasteiger partial charge on any atom is 0.223 e. The van der Waals surface area contributed by atoms with Crippen LogP contribution < -0.4 is 0 Å². The van der Waals surface area contributed by atoms with Crippen LogP contribution in [0.15, 0.2) is 24.3 Å². The first-order valence-electron chi connectivity index (χ1n) is 7.75. The number of carbonyl (C=O) groups excluding carboxylic acids is 1. The molecule has 2 aromatic rings. The number of para-hydroxylation sites is 2. The maximum absolute atomic E-state index is 11.8. The highest BCUT2D eigenvalue weighted by Crippen LogP contribution is 2.30. The van der Waals surface area contributed by atoms with Gasteiger partial charge in [-0.1, -0.05) is 26.0 Å². The summed E-state index contributed by atoms with van der Waals surface area (Å²) < 4.78 is 2.33. The van der Waals surface area contributed by atoms with E-state index in [1.807, 2.05) is 18.0 Å². The maximum atomic E-state index is 11.8. The number of likely N-dealkylation sites (N-methyl/N-ethyl adjacent to an activating group) is 1. The van der Waals surface area contributed by atoms with E-state index in [9.17, 15) is 4.79 Å². The monoisotopic (exact) mass is 285 g/mol. The highest BCUT2D eigenvalue weighted by Gasteiger charge is 2.31. The van der Waals surface area contributed by atoms with Crippen molar-refractivity contribution in [2.45, 2.75) is 39.2 Å². The minimum atomic E-state index is 0.224. The number of benzene rings is 1. The molecule has 2 heterocycles. The molecule has 3 rings (SSSR count). The molecule has 0 saturated carbocycles. The molecule has 0 radical (unpaired) electrons. The van der Waals surface area contributed by atoms with E-state index in [1.165, 1.54) is 5.52 Å². The zero-order valence-electron chi connectivity index (χ0n) is 13.0. The smallest absolute Gasteiger partial charge is 0.223 e. The normalized spacial score (nSPS) is 19.1. The fourth-order valence-electron chi connectivity index (χ4n) is 3.06. The first kappa shape index (κ1) is 14.1. The fourth-order valence-corrected chi connectivity index (χ4v) is 3.06. The Hall–Kier alpha value is -1.84. The van der Waals surface area contributed by atoms with Crippen molar-refractivity contribution in [1.82, 2.24) is 14.5 Å². The van der Waals surface area contributed by atoms with Gasteiger partial charge in [0.05, 0.1) is 11.0 Å². The number of nitrogens with zero attached hydrogens (tertiary/aromatic N) is 3. The molecule has 1 amide bonds. The quantitative estimate of drug-likeness (QED) is 0.866. The van der Waals surface area contributed by atoms with Crippen LogP contribution in [0.1, 0.15) is 38.4 Å². The van der Waals surface area contributed by atoms with Crippen LogP contribution in [0.5, 0.6) is 0 Å². The van der Waals surface area contributed by atoms with Crippen molar-refractivity contribution in [3.63, 3.8) is 0 Å². The van der Waals surface area contributed by atoms with Gasteiger partial charge in [-0.2, -0.15) is 0 Å². The molecule has 1 saturated heterocycles. The molecule has 0 unspecified atom stereocenters. The highest BCUT2D eigenvalue weighted by atomic mass is 16.2. The Bertz CT molecular complexity index is 659. The van der Waals surface area contributed by atoms with Gasteiger partial charge in [-0.05, 0) is 24.5 Å². The predicted octanol–water partition coefficient (Wildman–Crippen LogP) is 3.03. The molecule has 1 aliphatic heterocycles. The molecule has 1 atom stereocenters. The Labute approximate surface area is 125 Å². The summed E-state index contributed by atoms with van der Waals surface area (Å²) in [7, 11) is 1.88. The second kappa shape index (κ2) is 5.51. The van der Waals surface area contributed by atoms with E-state index in [0.29, 0.717) is 12.3 Å². The summed E-state index contributed by atoms with van der Waals surface area (Å²) >= 11 is 0. The summed E-state index contributed by atoms with van der Waals surface area (Å²) in [6, 6.07) is 8.28. The molecule has 1 fully saturated rings. The topological polar surface area (TPSA) is 38.1 Å². The van der Waals surface area contributed by atoms with Crippen LogP contribution in [0.4, 0.5) is 0 Å². The Morgan fingerprint density at radius 1 is 1.33 bits per heavy atom. The van der Waals surface area contributed by atoms with Gasteiger partial charge in [0.1, 0.15) is 5.82 Å². The van der Waals surface area contributed by atoms with Crippen molar-refractivity contribution in [1.29, 1.82) is 0 Å². The Morgan fingerprint density at radius 3 is 2.76 bits per heavy atom. The van der Waals surface area contributed by atoms with E-state index in [-0.39, 0.29) is 11.8 Å². The number of aryl methyl sites for hydroxylation is 1. The Kier molecular flexibility index (Phi) is 3.70. The third-order valence-electron chi connectivity index (χ3n) is 4.32. The fraction of sp³-hybridized carbons (Fsp3) is 0.529. The van der Waals surface area contributed by atoms with E-state index < -0.39 is 0 Å². The SMILES string of the molecule is CC(C)CCn1c([C@@H]2CC(=O)N(C)C2)nc2ccccc21. The van der Waals surface area contributed by atoms with Crippen molar-refractivity contribution in [2.75, 3.05) is 13.6 Å². The van der Waals surface area contributed by atoms with Crippen molar-refractivity contribution in [2.24, 2.45) is 5.92 Å². The second-order valence-electron chi connectivity index (χ2n) is 6.47. The van der Waals surface area contributed by atoms with Crippen molar-refractivity contribution in [3.05, 3.63) is 30.1 Å². The van der Waals surface area contributed by atoms with Crippen LogP contribution in [0.3, 0.4) is 0 Å². The zero-order chi connectivity index (χ0) is 15.0. The van der Waals surface area contributed by atoms with Crippen molar-refractivity contribution in [3.8, 4) is 0 Å². The lowest BCUT2D eigenvalue weighted by Gasteiger charge is -2.14. The molecular formula is C17H23N3O. The molecule has 112 valence electrons. The van der Waals surface area contributed by atoms with Crippen molar-refractivity contribution < 1.29 is 4.79 Å². The molecule has 4 nitrogen and oxygen atoms in total. The van der Waals surface area contributed by atoms with E-state index >= 15 is 0 Å². The average molecular weight is 285 g/mol. The summed E-state index contributed by atoms with van der Waals surface area (Å²) in [6.45, 7) is 6.24. The lowest BCUT2D eigenvalue weighted by Crippen LogP contribution is -2.19. The van der Waals surface area contributed by atoms with Crippen LogP contribution in [0, 0.1) is 5.92 Å². The van der Waals surface area contributed by atoms with Crippen LogP contribution in [0.2, 0.25) is 0 Å². The third kappa shape index (κ3) is 2.67. The number of carbonyl (C=O) groups is 1. The zero-order valence-corrected chi connectivity index (χ0v) is 13.0. The van der Waals surface area contributed by atoms with Crippen LogP contribution in [-0.2, 0) is 11.3 Å². The largest absolute Gasteiger partial charge is 0.345 e. The summed E-state index contributed by atoms with van der Waals surface area (Å²) in [5, 5.41) is 0. The van der Waals surface area contributed by atoms with Gasteiger partial charge < -0.3 is 9.47 Å². The Morgan fingerprint density at radius 2 is 2.10 bits per heavy atom. The van der Waals surface area contributed by atoms with Gasteiger partial charge in [-0.25, -0.2) is 4.98 Å². The van der Waals surface area contributed by atoms with Gasteiger partial charge in [0.15, 0.2) is 0 Å². The molecule has 0 aliphatic carbocycles. The summed E-state index contributed by atoms with van der Waals surface area (Å²) in [5.74, 6) is 2.19. The third-order valence-corrected chi connectivity index (χ3v) is 4.32. The lowest BCUT2D eigenvalue weighted by molar-refractivity contribution is -0.126. The molecular weight excluding hydrogens is 262 g/mol. The first-order valence-corrected chi connectivity index (χ1v) is 7.75. The number of imidazole rings is 1. The molecule has 4 heteroatoms. The van der Waals surface area contributed by atoms with Gasteiger partial charge in [0, 0.05) is 32.5 Å². The highest BCUT2D eigenvalue weighted by molar-refractivity contribution is 5.80. The van der Waals surface area contributed by atoms with Gasteiger partial charge in [-0.15, -0.1) is 0 Å². The first-order chi connectivity index (χ1) is 10.1. The standard InChI is InChI=1S/C17H23N3O/c1-12(2)8-9-20-15-7-5-4-6-14(15)18-17(20)13-10-16(21)19(3)11-13/h4-7,12-13H,8-11H2,1-3H3/t13-/m1/s1. The molecule has 0 N–H and O–H groups in total. The van der Waals surface area contributed by atoms with E-state index in [1.54, 1.807) is 0 Å². The number of likely N-dealkylation sites (tertiary alicyclic amines) is 1. The molecule has 0 bridgehead atoms. The number of amides is 1. The predicted molar refractivity (Wildman–Crippen MR) is 84.2 cm³/mol. The molecule has 21 heavy (non-hydrogen) atoms. The summed E-state index contributed by atoms with van der Waals surface area (Å²) in [6.07, 6.45) is 1.71. The molecule has 1 aromatic carbocycles. The van der Waals surface area contributed by atoms with Gasteiger partial charge in [0.25, 0.3) is 0 Å². The van der Waals surface area contributed by atoms with Crippen LogP contribution in [0.25, 0.3) is 11.0 Å². The molecule has 1 aliphatic rings. The number of aromatic nitrogens is 2. The number of hydrogen-bond acceptors (Lipinski definition) is 2. The van der Waals surface area contributed by atoms with Crippen molar-refractivity contribution >= 4 is 16.9 Å². The average Bonchev–Trinajstić information content (AvgIpc) is 2.97. The minimum absolute atomic E-state index is 0.224. The molecule has 0 spiro atoms. The Balaban J connectivity index is 2.00. The number of hydrogen-bond donors (Lipinski definition) is 0. The lowest BCUT2D eigenvalue weighted by atomic mass is 10.1. The van der Waals surface area contributed by atoms with Crippen LogP contribution in [-0.4, -0.2) is 34.0 Å². The van der Waals surface area contributed by atoms with E-state index in [4.69, 9.17) is 4.98 Å². The number of fused-ring (bicyclic) bond motifs is 1. The summed E-state index contributed by atoms with van der Waals surface area (Å²) in [5.41, 5.74) is 2.23. The number of rotatable bonds is 4. The van der Waals surface area contributed by atoms with E-state index in [0.717, 1.165) is 30.9 Å². The minimum Gasteiger partial charge on any atom is -0.345 e. The van der Waals surface area contributed by atoms with Gasteiger partial charge in [-0.3, -0.25) is 4.79 Å². The molecule has 1 aromatic heterocycles. The van der Waals surface area contributed by atoms with Crippen LogP contribution >= 0.6 is 0 Å². The second-order valence-corrected chi connectivity index (χ2v) is 6.47. The summed E-state index contributed by atoms with van der Waals surface area (Å²) in [4.78, 5) is 18.5. The van der Waals surface area contributed by atoms with Gasteiger partial charge in [0.2, 0.25) is 5.91 Å². The van der Waals surface area contributed by atoms with Gasteiger partial charge >= 0.3 is 0 Å².